The van der Waals surface area contributed by atoms with Gasteiger partial charge in [-0.05, 0) is 43.5 Å². The maximum absolute atomic E-state index is 10.9. The van der Waals surface area contributed by atoms with E-state index in [0.717, 1.165) is 38.3 Å². The Morgan fingerprint density at radius 3 is 2.74 bits per heavy atom. The number of carbonyl (C=O) groups is 1. The van der Waals surface area contributed by atoms with Crippen LogP contribution in [0.3, 0.4) is 0 Å². The standard InChI is InChI=1S/C14H22N4O/c1-16-14-3-2-12(9-17-14)10-18-6-4-11(5-7-18)8-13(15)19/h2-3,9,11H,4-8,10H2,1H3,(H2,15,19)(H,16,17). The molecule has 1 aromatic heterocycles. The number of carbonyl (C=O) groups excluding carboxylic acids is 1. The molecular formula is C14H22N4O. The van der Waals surface area contributed by atoms with Gasteiger partial charge in [-0.1, -0.05) is 6.07 Å². The van der Waals surface area contributed by atoms with E-state index in [4.69, 9.17) is 5.73 Å². The van der Waals surface area contributed by atoms with Crippen LogP contribution in [0, 0.1) is 5.92 Å². The molecule has 1 aliphatic heterocycles. The van der Waals surface area contributed by atoms with Crippen molar-refractivity contribution in [2.45, 2.75) is 25.8 Å². The third-order valence-electron chi connectivity index (χ3n) is 3.68. The lowest BCUT2D eigenvalue weighted by Crippen LogP contribution is -2.34. The van der Waals surface area contributed by atoms with E-state index in [1.807, 2.05) is 19.3 Å². The number of anilines is 1. The minimum atomic E-state index is -0.176. The van der Waals surface area contributed by atoms with Crippen molar-refractivity contribution in [3.05, 3.63) is 23.9 Å². The molecule has 3 N–H and O–H groups in total. The van der Waals surface area contributed by atoms with Crippen LogP contribution >= 0.6 is 0 Å². The first-order valence-electron chi connectivity index (χ1n) is 6.80. The van der Waals surface area contributed by atoms with E-state index in [2.05, 4.69) is 21.3 Å². The van der Waals surface area contributed by atoms with Gasteiger partial charge in [-0.25, -0.2) is 4.98 Å². The van der Waals surface area contributed by atoms with Gasteiger partial charge < -0.3 is 11.1 Å². The fraction of sp³-hybridized carbons (Fsp3) is 0.571. The normalized spacial score (nSPS) is 17.3. The molecule has 0 aromatic carbocycles. The molecule has 1 aromatic rings. The molecule has 1 saturated heterocycles. The fourth-order valence-electron chi connectivity index (χ4n) is 2.56. The summed E-state index contributed by atoms with van der Waals surface area (Å²) in [6.07, 6.45) is 4.57. The zero-order chi connectivity index (χ0) is 13.7. The van der Waals surface area contributed by atoms with E-state index in [1.165, 1.54) is 5.56 Å². The quantitative estimate of drug-likeness (QED) is 0.836. The molecule has 0 bridgehead atoms. The predicted molar refractivity (Wildman–Crippen MR) is 75.6 cm³/mol. The zero-order valence-corrected chi connectivity index (χ0v) is 11.4. The Balaban J connectivity index is 1.80. The van der Waals surface area contributed by atoms with E-state index in [0.29, 0.717) is 12.3 Å². The van der Waals surface area contributed by atoms with Gasteiger partial charge in [0.25, 0.3) is 0 Å². The van der Waals surface area contributed by atoms with Crippen molar-refractivity contribution >= 4 is 11.7 Å². The summed E-state index contributed by atoms with van der Waals surface area (Å²) in [5, 5.41) is 3.01. The van der Waals surface area contributed by atoms with Crippen molar-refractivity contribution in [1.29, 1.82) is 0 Å². The monoisotopic (exact) mass is 262 g/mol. The average molecular weight is 262 g/mol. The number of likely N-dealkylation sites (tertiary alicyclic amines) is 1. The maximum atomic E-state index is 10.9. The minimum Gasteiger partial charge on any atom is -0.373 e. The highest BCUT2D eigenvalue weighted by Crippen LogP contribution is 2.21. The van der Waals surface area contributed by atoms with Crippen LogP contribution in [-0.2, 0) is 11.3 Å². The molecule has 0 spiro atoms. The summed E-state index contributed by atoms with van der Waals surface area (Å²) >= 11 is 0. The van der Waals surface area contributed by atoms with Crippen molar-refractivity contribution in [2.24, 2.45) is 11.7 Å². The number of primary amides is 1. The third-order valence-corrected chi connectivity index (χ3v) is 3.68. The zero-order valence-electron chi connectivity index (χ0n) is 11.4. The summed E-state index contributed by atoms with van der Waals surface area (Å²) in [5.41, 5.74) is 6.47. The van der Waals surface area contributed by atoms with Crippen LogP contribution < -0.4 is 11.1 Å². The van der Waals surface area contributed by atoms with Crippen LogP contribution in [0.15, 0.2) is 18.3 Å². The molecule has 0 saturated carbocycles. The van der Waals surface area contributed by atoms with Gasteiger partial charge in [-0.15, -0.1) is 0 Å². The van der Waals surface area contributed by atoms with Gasteiger partial charge in [-0.3, -0.25) is 9.69 Å². The van der Waals surface area contributed by atoms with E-state index in [1.54, 1.807) is 0 Å². The van der Waals surface area contributed by atoms with Gasteiger partial charge in [0.15, 0.2) is 0 Å². The molecule has 0 atom stereocenters. The summed E-state index contributed by atoms with van der Waals surface area (Å²) in [6.45, 7) is 3.00. The molecule has 1 aliphatic rings. The lowest BCUT2D eigenvalue weighted by atomic mass is 9.93. The molecule has 1 fully saturated rings. The molecule has 19 heavy (non-hydrogen) atoms. The maximum Gasteiger partial charge on any atom is 0.217 e. The van der Waals surface area contributed by atoms with Crippen LogP contribution in [0.2, 0.25) is 0 Å². The van der Waals surface area contributed by atoms with Crippen LogP contribution in [0.5, 0.6) is 0 Å². The number of pyridine rings is 1. The number of nitrogens with one attached hydrogen (secondary N) is 1. The Hall–Kier alpha value is -1.62. The van der Waals surface area contributed by atoms with Crippen molar-refractivity contribution in [2.75, 3.05) is 25.5 Å². The summed E-state index contributed by atoms with van der Waals surface area (Å²) in [7, 11) is 1.87. The van der Waals surface area contributed by atoms with Crippen LogP contribution in [0.25, 0.3) is 0 Å². The van der Waals surface area contributed by atoms with Crippen LogP contribution in [-0.4, -0.2) is 35.9 Å². The third kappa shape index (κ3) is 4.21. The highest BCUT2D eigenvalue weighted by molar-refractivity contribution is 5.73. The molecular weight excluding hydrogens is 240 g/mol. The lowest BCUT2D eigenvalue weighted by molar-refractivity contribution is -0.119. The summed E-state index contributed by atoms with van der Waals surface area (Å²) < 4.78 is 0. The summed E-state index contributed by atoms with van der Waals surface area (Å²) in [4.78, 5) is 17.6. The molecule has 104 valence electrons. The van der Waals surface area contributed by atoms with Gasteiger partial charge in [0.2, 0.25) is 5.91 Å². The smallest absolute Gasteiger partial charge is 0.217 e. The summed E-state index contributed by atoms with van der Waals surface area (Å²) in [5.74, 6) is 1.19. The first-order valence-corrected chi connectivity index (χ1v) is 6.80. The van der Waals surface area contributed by atoms with Gasteiger partial charge >= 0.3 is 0 Å². The Labute approximate surface area is 114 Å². The number of amides is 1. The highest BCUT2D eigenvalue weighted by atomic mass is 16.1. The van der Waals surface area contributed by atoms with Crippen molar-refractivity contribution in [3.8, 4) is 0 Å². The van der Waals surface area contributed by atoms with Gasteiger partial charge in [0.05, 0.1) is 0 Å². The Kier molecular flexibility index (Phi) is 4.74. The molecule has 2 rings (SSSR count). The van der Waals surface area contributed by atoms with Gasteiger partial charge in [0, 0.05) is 26.2 Å². The first kappa shape index (κ1) is 13.8. The highest BCUT2D eigenvalue weighted by Gasteiger charge is 2.20. The molecule has 2 heterocycles. The van der Waals surface area contributed by atoms with E-state index in [9.17, 15) is 4.79 Å². The first-order chi connectivity index (χ1) is 9.17. The number of nitrogens with zero attached hydrogens (tertiary/aromatic N) is 2. The minimum absolute atomic E-state index is 0.176. The molecule has 0 aliphatic carbocycles. The van der Waals surface area contributed by atoms with Gasteiger partial charge in [0.1, 0.15) is 5.82 Å². The Morgan fingerprint density at radius 1 is 1.47 bits per heavy atom. The molecule has 5 heteroatoms. The van der Waals surface area contributed by atoms with Crippen LogP contribution in [0.4, 0.5) is 5.82 Å². The molecule has 0 unspecified atom stereocenters. The van der Waals surface area contributed by atoms with E-state index in [-0.39, 0.29) is 5.91 Å². The van der Waals surface area contributed by atoms with Crippen LogP contribution in [0.1, 0.15) is 24.8 Å². The molecule has 1 amide bonds. The number of rotatable bonds is 5. The fourth-order valence-corrected chi connectivity index (χ4v) is 2.56. The Bertz CT molecular complexity index is 410. The summed E-state index contributed by atoms with van der Waals surface area (Å²) in [6, 6.07) is 4.10. The van der Waals surface area contributed by atoms with Crippen molar-refractivity contribution < 1.29 is 4.79 Å². The number of hydrogen-bond acceptors (Lipinski definition) is 4. The van der Waals surface area contributed by atoms with E-state index < -0.39 is 0 Å². The number of aromatic nitrogens is 1. The Morgan fingerprint density at radius 2 is 2.21 bits per heavy atom. The second kappa shape index (κ2) is 6.52. The molecule has 0 radical (unpaired) electrons. The number of piperidine rings is 1. The lowest BCUT2D eigenvalue weighted by Gasteiger charge is -2.31. The second-order valence-electron chi connectivity index (χ2n) is 5.19. The van der Waals surface area contributed by atoms with Crippen molar-refractivity contribution in [1.82, 2.24) is 9.88 Å². The van der Waals surface area contributed by atoms with Gasteiger partial charge in [-0.2, -0.15) is 0 Å². The average Bonchev–Trinajstić information content (AvgIpc) is 2.41. The van der Waals surface area contributed by atoms with E-state index >= 15 is 0 Å². The largest absolute Gasteiger partial charge is 0.373 e. The topological polar surface area (TPSA) is 71.2 Å². The van der Waals surface area contributed by atoms with Crippen molar-refractivity contribution in [3.63, 3.8) is 0 Å². The SMILES string of the molecule is CNc1ccc(CN2CCC(CC(N)=O)CC2)cn1. The number of nitrogens with two attached hydrogens (primary N) is 1. The predicted octanol–water partition coefficient (Wildman–Crippen LogP) is 1.21. The molecule has 5 nitrogen and oxygen atoms in total. The second-order valence-corrected chi connectivity index (χ2v) is 5.19. The number of hydrogen-bond donors (Lipinski definition) is 2.